The van der Waals surface area contributed by atoms with Crippen LogP contribution in [0.5, 0.6) is 0 Å². The van der Waals surface area contributed by atoms with E-state index in [1.165, 1.54) is 10.9 Å². The van der Waals surface area contributed by atoms with Gasteiger partial charge in [-0.15, -0.1) is 0 Å². The van der Waals surface area contributed by atoms with Crippen molar-refractivity contribution >= 4 is 16.7 Å². The first kappa shape index (κ1) is 11.9. The summed E-state index contributed by atoms with van der Waals surface area (Å²) in [7, 11) is 0. The van der Waals surface area contributed by atoms with Gasteiger partial charge in [0, 0.05) is 24.2 Å². The SMILES string of the molecule is CC(=O)Cc1cc2ccccc2n1CC(C)C. The number of hydrogen-bond donors (Lipinski definition) is 0. The van der Waals surface area contributed by atoms with Gasteiger partial charge in [0.25, 0.3) is 0 Å². The molecule has 0 aliphatic carbocycles. The van der Waals surface area contributed by atoms with E-state index in [9.17, 15) is 4.79 Å². The second-order valence-electron chi connectivity index (χ2n) is 5.08. The highest BCUT2D eigenvalue weighted by atomic mass is 16.1. The molecule has 0 unspecified atom stereocenters. The number of hydrogen-bond acceptors (Lipinski definition) is 1. The number of Topliss-reactive ketones (excluding diaryl/α,β-unsaturated/α-hetero) is 1. The average Bonchev–Trinajstić information content (AvgIpc) is 2.55. The van der Waals surface area contributed by atoms with Crippen molar-refractivity contribution < 1.29 is 4.79 Å². The van der Waals surface area contributed by atoms with Crippen molar-refractivity contribution in [2.45, 2.75) is 33.7 Å². The Morgan fingerprint density at radius 2 is 2.00 bits per heavy atom. The van der Waals surface area contributed by atoms with Crippen molar-refractivity contribution in [1.29, 1.82) is 0 Å². The third kappa shape index (κ3) is 2.57. The number of aromatic nitrogens is 1. The van der Waals surface area contributed by atoms with Crippen LogP contribution in [0.25, 0.3) is 10.9 Å². The summed E-state index contributed by atoms with van der Waals surface area (Å²) in [4.78, 5) is 11.3. The number of ketones is 1. The minimum absolute atomic E-state index is 0.220. The highest BCUT2D eigenvalue weighted by molar-refractivity contribution is 5.84. The van der Waals surface area contributed by atoms with Crippen LogP contribution < -0.4 is 0 Å². The van der Waals surface area contributed by atoms with Gasteiger partial charge in [0.05, 0.1) is 0 Å². The van der Waals surface area contributed by atoms with Crippen LogP contribution in [0.15, 0.2) is 30.3 Å². The number of carbonyl (C=O) groups is 1. The van der Waals surface area contributed by atoms with Crippen LogP contribution in [0, 0.1) is 5.92 Å². The summed E-state index contributed by atoms with van der Waals surface area (Å²) in [5, 5.41) is 1.23. The lowest BCUT2D eigenvalue weighted by Crippen LogP contribution is -2.10. The van der Waals surface area contributed by atoms with E-state index >= 15 is 0 Å². The van der Waals surface area contributed by atoms with Crippen LogP contribution >= 0.6 is 0 Å². The molecule has 0 radical (unpaired) electrons. The van der Waals surface area contributed by atoms with Gasteiger partial charge in [-0.1, -0.05) is 32.0 Å². The molecule has 1 heterocycles. The van der Waals surface area contributed by atoms with Crippen molar-refractivity contribution in [3.05, 3.63) is 36.0 Å². The summed E-state index contributed by atoms with van der Waals surface area (Å²) >= 11 is 0. The summed E-state index contributed by atoms with van der Waals surface area (Å²) < 4.78 is 2.28. The molecule has 2 rings (SSSR count). The average molecular weight is 229 g/mol. The second kappa shape index (κ2) is 4.74. The molecule has 0 aliphatic heterocycles. The summed E-state index contributed by atoms with van der Waals surface area (Å²) in [5.41, 5.74) is 2.37. The minimum atomic E-state index is 0.220. The molecule has 0 amide bonds. The number of para-hydroxylation sites is 1. The zero-order valence-electron chi connectivity index (χ0n) is 10.7. The number of nitrogens with zero attached hydrogens (tertiary/aromatic N) is 1. The zero-order chi connectivity index (χ0) is 12.4. The van der Waals surface area contributed by atoms with Gasteiger partial charge in [0.1, 0.15) is 5.78 Å². The first-order valence-electron chi connectivity index (χ1n) is 6.14. The molecule has 17 heavy (non-hydrogen) atoms. The van der Waals surface area contributed by atoms with Gasteiger partial charge >= 0.3 is 0 Å². The van der Waals surface area contributed by atoms with Gasteiger partial charge in [-0.25, -0.2) is 0 Å². The fraction of sp³-hybridized carbons (Fsp3) is 0.400. The van der Waals surface area contributed by atoms with Gasteiger partial charge in [0.2, 0.25) is 0 Å². The van der Waals surface area contributed by atoms with E-state index < -0.39 is 0 Å². The molecule has 0 saturated carbocycles. The van der Waals surface area contributed by atoms with E-state index in [4.69, 9.17) is 0 Å². The third-order valence-electron chi connectivity index (χ3n) is 2.87. The normalized spacial score (nSPS) is 11.3. The van der Waals surface area contributed by atoms with Gasteiger partial charge < -0.3 is 4.57 Å². The van der Waals surface area contributed by atoms with Gasteiger partial charge in [-0.3, -0.25) is 4.79 Å². The fourth-order valence-corrected chi connectivity index (χ4v) is 2.25. The summed E-state index contributed by atoms with van der Waals surface area (Å²) in [6.07, 6.45) is 0.529. The summed E-state index contributed by atoms with van der Waals surface area (Å²) in [6.45, 7) is 7.02. The van der Waals surface area contributed by atoms with E-state index in [1.54, 1.807) is 6.92 Å². The molecule has 0 N–H and O–H groups in total. The first-order valence-corrected chi connectivity index (χ1v) is 6.14. The minimum Gasteiger partial charge on any atom is -0.344 e. The lowest BCUT2D eigenvalue weighted by atomic mass is 10.2. The fourth-order valence-electron chi connectivity index (χ4n) is 2.25. The van der Waals surface area contributed by atoms with Crippen molar-refractivity contribution in [3.8, 4) is 0 Å². The smallest absolute Gasteiger partial charge is 0.135 e. The first-order chi connectivity index (χ1) is 8.08. The molecule has 1 aromatic carbocycles. The molecule has 2 aromatic rings. The Balaban J connectivity index is 2.52. The molecule has 0 bridgehead atoms. The van der Waals surface area contributed by atoms with Crippen molar-refractivity contribution in [2.24, 2.45) is 5.92 Å². The lowest BCUT2D eigenvalue weighted by molar-refractivity contribution is -0.116. The summed E-state index contributed by atoms with van der Waals surface area (Å²) in [6, 6.07) is 10.5. The van der Waals surface area contributed by atoms with Crippen molar-refractivity contribution in [3.63, 3.8) is 0 Å². The van der Waals surface area contributed by atoms with Crippen LogP contribution in [0.1, 0.15) is 26.5 Å². The number of rotatable bonds is 4. The van der Waals surface area contributed by atoms with Crippen molar-refractivity contribution in [2.75, 3.05) is 0 Å². The Hall–Kier alpha value is -1.57. The predicted molar refractivity (Wildman–Crippen MR) is 71.2 cm³/mol. The Morgan fingerprint density at radius 1 is 1.29 bits per heavy atom. The van der Waals surface area contributed by atoms with Crippen LogP contribution in [-0.4, -0.2) is 10.4 Å². The van der Waals surface area contributed by atoms with Crippen molar-refractivity contribution in [1.82, 2.24) is 4.57 Å². The number of fused-ring (bicyclic) bond motifs is 1. The van der Waals surface area contributed by atoms with E-state index in [0.717, 1.165) is 12.2 Å². The maximum absolute atomic E-state index is 11.3. The Labute approximate surface area is 102 Å². The molecule has 0 atom stereocenters. The monoisotopic (exact) mass is 229 g/mol. The molecule has 0 aliphatic rings. The Morgan fingerprint density at radius 3 is 2.65 bits per heavy atom. The van der Waals surface area contributed by atoms with Gasteiger partial charge in [0.15, 0.2) is 0 Å². The quantitative estimate of drug-likeness (QED) is 0.787. The highest BCUT2D eigenvalue weighted by Gasteiger charge is 2.10. The maximum atomic E-state index is 11.3. The van der Waals surface area contributed by atoms with Crippen LogP contribution in [0.3, 0.4) is 0 Å². The number of carbonyl (C=O) groups excluding carboxylic acids is 1. The standard InChI is InChI=1S/C15H19NO/c1-11(2)10-16-14(8-12(3)17)9-13-6-4-5-7-15(13)16/h4-7,9,11H,8,10H2,1-3H3. The lowest BCUT2D eigenvalue weighted by Gasteiger charge is -2.12. The van der Waals surface area contributed by atoms with E-state index in [2.05, 4.69) is 42.7 Å². The predicted octanol–water partition coefficient (Wildman–Crippen LogP) is 3.43. The van der Waals surface area contributed by atoms with E-state index in [-0.39, 0.29) is 5.78 Å². The molecule has 90 valence electrons. The molecule has 0 spiro atoms. The number of benzene rings is 1. The molecule has 2 nitrogen and oxygen atoms in total. The van der Waals surface area contributed by atoms with Gasteiger partial charge in [-0.2, -0.15) is 0 Å². The Bertz CT molecular complexity index is 537. The van der Waals surface area contributed by atoms with Crippen LogP contribution in [0.2, 0.25) is 0 Å². The van der Waals surface area contributed by atoms with E-state index in [1.807, 2.05) is 6.07 Å². The largest absolute Gasteiger partial charge is 0.344 e. The van der Waals surface area contributed by atoms with Crippen LogP contribution in [0.4, 0.5) is 0 Å². The second-order valence-corrected chi connectivity index (χ2v) is 5.08. The molecule has 1 aromatic heterocycles. The van der Waals surface area contributed by atoms with Crippen LogP contribution in [-0.2, 0) is 17.8 Å². The zero-order valence-corrected chi connectivity index (χ0v) is 10.7. The van der Waals surface area contributed by atoms with Gasteiger partial charge in [-0.05, 0) is 30.4 Å². The molecule has 0 saturated heterocycles. The summed E-state index contributed by atoms with van der Waals surface area (Å²) in [5.74, 6) is 0.800. The topological polar surface area (TPSA) is 22.0 Å². The van der Waals surface area contributed by atoms with E-state index in [0.29, 0.717) is 12.3 Å². The Kier molecular flexibility index (Phi) is 3.32. The molecule has 0 fully saturated rings. The highest BCUT2D eigenvalue weighted by Crippen LogP contribution is 2.21. The molecular weight excluding hydrogens is 210 g/mol. The molecule has 2 heteroatoms. The molecular formula is C15H19NO. The third-order valence-corrected chi connectivity index (χ3v) is 2.87. The maximum Gasteiger partial charge on any atom is 0.135 e.